The number of rotatable bonds is 6. The maximum Gasteiger partial charge on any atom is 0.255 e. The first-order valence-corrected chi connectivity index (χ1v) is 7.40. The van der Waals surface area contributed by atoms with E-state index in [-0.39, 0.29) is 5.91 Å². The topological polar surface area (TPSA) is 66.9 Å². The minimum atomic E-state index is -0.122. The van der Waals surface area contributed by atoms with Crippen LogP contribution in [0.15, 0.2) is 24.5 Å². The monoisotopic (exact) mass is 290 g/mol. The van der Waals surface area contributed by atoms with E-state index < -0.39 is 0 Å². The molecule has 106 valence electrons. The first-order valence-electron chi connectivity index (χ1n) is 6.59. The number of hydrogen-bond donors (Lipinski definition) is 2. The number of anilines is 1. The zero-order chi connectivity index (χ0) is 14.4. The van der Waals surface area contributed by atoms with Gasteiger partial charge in [-0.3, -0.25) is 4.79 Å². The molecular weight excluding hydrogens is 272 g/mol. The van der Waals surface area contributed by atoms with Crippen molar-refractivity contribution in [1.29, 1.82) is 0 Å². The Morgan fingerprint density at radius 2 is 2.25 bits per heavy atom. The quantitative estimate of drug-likeness (QED) is 0.858. The van der Waals surface area contributed by atoms with Crippen LogP contribution in [0.25, 0.3) is 0 Å². The van der Waals surface area contributed by atoms with E-state index in [1.807, 2.05) is 6.92 Å². The van der Waals surface area contributed by atoms with Gasteiger partial charge in [0.15, 0.2) is 0 Å². The van der Waals surface area contributed by atoms with Gasteiger partial charge in [0, 0.05) is 23.8 Å². The molecule has 0 aliphatic rings. The first-order chi connectivity index (χ1) is 9.70. The summed E-state index contributed by atoms with van der Waals surface area (Å²) in [7, 11) is 0. The molecule has 0 radical (unpaired) electrons. The van der Waals surface area contributed by atoms with Crippen LogP contribution in [-0.4, -0.2) is 22.4 Å². The summed E-state index contributed by atoms with van der Waals surface area (Å²) in [6.45, 7) is 5.31. The van der Waals surface area contributed by atoms with Gasteiger partial charge in [0.2, 0.25) is 0 Å². The van der Waals surface area contributed by atoms with Crippen LogP contribution in [0, 0.1) is 6.92 Å². The lowest BCUT2D eigenvalue weighted by atomic mass is 10.2. The highest BCUT2D eigenvalue weighted by Gasteiger charge is 2.11. The molecule has 2 heterocycles. The number of hydrogen-bond acceptors (Lipinski definition) is 5. The Balaban J connectivity index is 2.01. The van der Waals surface area contributed by atoms with E-state index in [9.17, 15) is 4.79 Å². The molecule has 0 aliphatic heterocycles. The van der Waals surface area contributed by atoms with Crippen molar-refractivity contribution in [2.45, 2.75) is 26.8 Å². The predicted molar refractivity (Wildman–Crippen MR) is 81.0 cm³/mol. The van der Waals surface area contributed by atoms with Gasteiger partial charge in [-0.05, 0) is 25.5 Å². The fraction of sp³-hybridized carbons (Fsp3) is 0.357. The Bertz CT molecular complexity index is 582. The maximum absolute atomic E-state index is 12.2. The van der Waals surface area contributed by atoms with Gasteiger partial charge in [-0.2, -0.15) is 0 Å². The molecule has 0 aliphatic carbocycles. The van der Waals surface area contributed by atoms with Crippen LogP contribution >= 0.6 is 11.3 Å². The summed E-state index contributed by atoms with van der Waals surface area (Å²) in [6, 6.07) is 3.54. The third-order valence-electron chi connectivity index (χ3n) is 2.69. The Kier molecular flexibility index (Phi) is 5.06. The van der Waals surface area contributed by atoms with Gasteiger partial charge in [-0.25, -0.2) is 9.97 Å². The van der Waals surface area contributed by atoms with E-state index in [4.69, 9.17) is 0 Å². The fourth-order valence-electron chi connectivity index (χ4n) is 1.72. The molecule has 2 aromatic rings. The van der Waals surface area contributed by atoms with Gasteiger partial charge in [-0.1, -0.05) is 6.92 Å². The molecule has 0 saturated heterocycles. The second-order valence-corrected chi connectivity index (χ2v) is 5.67. The van der Waals surface area contributed by atoms with Crippen molar-refractivity contribution >= 4 is 23.1 Å². The highest BCUT2D eigenvalue weighted by molar-refractivity contribution is 7.11. The highest BCUT2D eigenvalue weighted by atomic mass is 32.1. The van der Waals surface area contributed by atoms with E-state index in [0.29, 0.717) is 17.9 Å². The number of carbonyl (C=O) groups excluding carboxylic acids is 1. The standard InChI is InChI=1S/C14H18N4OS/c1-3-6-15-13-12(5-4-7-16-13)14(19)18-9-11-8-17-10(2)20-11/h4-5,7-8H,3,6,9H2,1-2H3,(H,15,16)(H,18,19). The second kappa shape index (κ2) is 7.00. The molecule has 20 heavy (non-hydrogen) atoms. The molecule has 2 N–H and O–H groups in total. The molecule has 0 fully saturated rings. The van der Waals surface area contributed by atoms with Crippen molar-refractivity contribution in [2.75, 3.05) is 11.9 Å². The van der Waals surface area contributed by atoms with E-state index in [1.54, 1.807) is 35.9 Å². The minimum Gasteiger partial charge on any atom is -0.369 e. The Morgan fingerprint density at radius 3 is 2.95 bits per heavy atom. The zero-order valence-corrected chi connectivity index (χ0v) is 12.5. The van der Waals surface area contributed by atoms with Crippen molar-refractivity contribution in [2.24, 2.45) is 0 Å². The molecule has 2 rings (SSSR count). The van der Waals surface area contributed by atoms with Gasteiger partial charge in [0.05, 0.1) is 17.1 Å². The van der Waals surface area contributed by atoms with Crippen molar-refractivity contribution < 1.29 is 4.79 Å². The number of carbonyl (C=O) groups is 1. The summed E-state index contributed by atoms with van der Waals surface area (Å²) in [5.74, 6) is 0.509. The van der Waals surface area contributed by atoms with Gasteiger partial charge in [-0.15, -0.1) is 11.3 Å². The molecule has 0 spiro atoms. The van der Waals surface area contributed by atoms with Gasteiger partial charge in [0.1, 0.15) is 5.82 Å². The van der Waals surface area contributed by atoms with E-state index >= 15 is 0 Å². The van der Waals surface area contributed by atoms with E-state index in [0.717, 1.165) is 22.9 Å². The molecule has 0 saturated carbocycles. The van der Waals surface area contributed by atoms with Crippen LogP contribution in [0.3, 0.4) is 0 Å². The summed E-state index contributed by atoms with van der Waals surface area (Å²) in [4.78, 5) is 21.6. The molecule has 1 amide bonds. The molecule has 0 bridgehead atoms. The average Bonchev–Trinajstić information content (AvgIpc) is 2.88. The lowest BCUT2D eigenvalue weighted by Crippen LogP contribution is -2.24. The zero-order valence-electron chi connectivity index (χ0n) is 11.6. The van der Waals surface area contributed by atoms with Gasteiger partial charge in [0.25, 0.3) is 5.91 Å². The molecule has 2 aromatic heterocycles. The van der Waals surface area contributed by atoms with Crippen molar-refractivity contribution in [1.82, 2.24) is 15.3 Å². The number of nitrogens with zero attached hydrogens (tertiary/aromatic N) is 2. The lowest BCUT2D eigenvalue weighted by molar-refractivity contribution is 0.0952. The van der Waals surface area contributed by atoms with Crippen LogP contribution in [0.1, 0.15) is 33.6 Å². The number of pyridine rings is 1. The average molecular weight is 290 g/mol. The van der Waals surface area contributed by atoms with Crippen molar-refractivity contribution in [3.05, 3.63) is 40.0 Å². The van der Waals surface area contributed by atoms with Crippen LogP contribution in [0.4, 0.5) is 5.82 Å². The van der Waals surface area contributed by atoms with Crippen molar-refractivity contribution in [3.8, 4) is 0 Å². The first kappa shape index (κ1) is 14.5. The number of nitrogens with one attached hydrogen (secondary N) is 2. The summed E-state index contributed by atoms with van der Waals surface area (Å²) in [5, 5.41) is 7.06. The van der Waals surface area contributed by atoms with E-state index in [2.05, 4.69) is 27.5 Å². The van der Waals surface area contributed by atoms with E-state index in [1.165, 1.54) is 0 Å². The normalized spacial score (nSPS) is 10.3. The van der Waals surface area contributed by atoms with Crippen LogP contribution < -0.4 is 10.6 Å². The Hall–Kier alpha value is -1.95. The second-order valence-electron chi connectivity index (χ2n) is 4.35. The number of aromatic nitrogens is 2. The summed E-state index contributed by atoms with van der Waals surface area (Å²) >= 11 is 1.59. The third kappa shape index (κ3) is 3.77. The molecule has 5 nitrogen and oxygen atoms in total. The lowest BCUT2D eigenvalue weighted by Gasteiger charge is -2.09. The summed E-state index contributed by atoms with van der Waals surface area (Å²) < 4.78 is 0. The third-order valence-corrected chi connectivity index (χ3v) is 3.60. The van der Waals surface area contributed by atoms with Gasteiger partial charge < -0.3 is 10.6 Å². The van der Waals surface area contributed by atoms with Crippen LogP contribution in [0.2, 0.25) is 0 Å². The molecular formula is C14H18N4OS. The SMILES string of the molecule is CCCNc1ncccc1C(=O)NCc1cnc(C)s1. The smallest absolute Gasteiger partial charge is 0.255 e. The molecule has 0 unspecified atom stereocenters. The molecule has 6 heteroatoms. The molecule has 0 aromatic carbocycles. The van der Waals surface area contributed by atoms with Crippen molar-refractivity contribution in [3.63, 3.8) is 0 Å². The highest BCUT2D eigenvalue weighted by Crippen LogP contribution is 2.13. The predicted octanol–water partition coefficient (Wildman–Crippen LogP) is 2.60. The minimum absolute atomic E-state index is 0.122. The maximum atomic E-state index is 12.2. The number of aryl methyl sites for hydroxylation is 1. The summed E-state index contributed by atoms with van der Waals surface area (Å²) in [6.07, 6.45) is 4.46. The largest absolute Gasteiger partial charge is 0.369 e. The number of amides is 1. The van der Waals surface area contributed by atoms with Crippen LogP contribution in [0.5, 0.6) is 0 Å². The molecule has 0 atom stereocenters. The Labute approximate surface area is 122 Å². The number of thiazole rings is 1. The van der Waals surface area contributed by atoms with Gasteiger partial charge >= 0.3 is 0 Å². The Morgan fingerprint density at radius 1 is 1.40 bits per heavy atom. The summed E-state index contributed by atoms with van der Waals surface area (Å²) in [5.41, 5.74) is 0.571. The van der Waals surface area contributed by atoms with Crippen LogP contribution in [-0.2, 0) is 6.54 Å². The fourth-order valence-corrected chi connectivity index (χ4v) is 2.46.